The van der Waals surface area contributed by atoms with Gasteiger partial charge in [-0.25, -0.2) is 0 Å². The van der Waals surface area contributed by atoms with Gasteiger partial charge in [0.25, 0.3) is 0 Å². The molecule has 4 nitrogen and oxygen atoms in total. The maximum absolute atomic E-state index is 12.5. The van der Waals surface area contributed by atoms with Gasteiger partial charge < -0.3 is 10.2 Å². The first-order valence-electron chi connectivity index (χ1n) is 7.98. The van der Waals surface area contributed by atoms with Crippen LogP contribution in [0.2, 0.25) is 10.0 Å². The minimum atomic E-state index is -0.400. The van der Waals surface area contributed by atoms with Crippen molar-refractivity contribution in [1.29, 1.82) is 0 Å². The number of aryl methyl sites for hydroxylation is 2. The molecule has 1 N–H and O–H groups in total. The van der Waals surface area contributed by atoms with Crippen molar-refractivity contribution in [3.05, 3.63) is 57.6 Å². The molecule has 1 fully saturated rings. The highest BCUT2D eigenvalue weighted by Gasteiger charge is 2.35. The highest BCUT2D eigenvalue weighted by Crippen LogP contribution is 2.30. The summed E-state index contributed by atoms with van der Waals surface area (Å²) in [6.07, 6.45) is 0.188. The van der Waals surface area contributed by atoms with Crippen molar-refractivity contribution in [1.82, 2.24) is 0 Å². The largest absolute Gasteiger partial charge is 0.326 e. The van der Waals surface area contributed by atoms with E-state index in [0.717, 1.165) is 16.8 Å². The first-order chi connectivity index (χ1) is 11.8. The Morgan fingerprint density at radius 2 is 1.88 bits per heavy atom. The Labute approximate surface area is 156 Å². The Balaban J connectivity index is 1.73. The summed E-state index contributed by atoms with van der Waals surface area (Å²) < 4.78 is 0. The van der Waals surface area contributed by atoms with E-state index in [4.69, 9.17) is 23.2 Å². The third-order valence-corrected chi connectivity index (χ3v) is 5.03. The molecule has 0 radical (unpaired) electrons. The first kappa shape index (κ1) is 17.8. The average Bonchev–Trinajstić information content (AvgIpc) is 2.93. The number of amides is 2. The SMILES string of the molecule is Cc1ccc(NC(=O)C2CC(=O)N(c3ccc(Cl)cc3C)C2)cc1Cl. The first-order valence-corrected chi connectivity index (χ1v) is 8.74. The number of nitrogens with zero attached hydrogens (tertiary/aromatic N) is 1. The molecule has 0 saturated carbocycles. The van der Waals surface area contributed by atoms with Crippen LogP contribution in [0.15, 0.2) is 36.4 Å². The number of halogens is 2. The second-order valence-corrected chi connectivity index (χ2v) is 7.13. The van der Waals surface area contributed by atoms with E-state index in [1.54, 1.807) is 23.1 Å². The van der Waals surface area contributed by atoms with Crippen LogP contribution in [0.25, 0.3) is 0 Å². The molecule has 2 aromatic rings. The van der Waals surface area contributed by atoms with E-state index < -0.39 is 5.92 Å². The number of hydrogen-bond donors (Lipinski definition) is 1. The van der Waals surface area contributed by atoms with E-state index in [1.165, 1.54) is 0 Å². The zero-order valence-corrected chi connectivity index (χ0v) is 15.5. The van der Waals surface area contributed by atoms with Gasteiger partial charge in [-0.05, 0) is 55.3 Å². The van der Waals surface area contributed by atoms with E-state index in [-0.39, 0.29) is 18.2 Å². The van der Waals surface area contributed by atoms with Crippen molar-refractivity contribution in [2.75, 3.05) is 16.8 Å². The Kier molecular flexibility index (Phi) is 5.02. The predicted molar refractivity (Wildman–Crippen MR) is 101 cm³/mol. The summed E-state index contributed by atoms with van der Waals surface area (Å²) in [6, 6.07) is 10.7. The topological polar surface area (TPSA) is 49.4 Å². The second kappa shape index (κ2) is 7.06. The van der Waals surface area contributed by atoms with Crippen LogP contribution in [0.4, 0.5) is 11.4 Å². The zero-order chi connectivity index (χ0) is 18.1. The van der Waals surface area contributed by atoms with Gasteiger partial charge in [0.05, 0.1) is 5.92 Å². The number of anilines is 2. The minimum absolute atomic E-state index is 0.0625. The Morgan fingerprint density at radius 3 is 2.56 bits per heavy atom. The maximum Gasteiger partial charge on any atom is 0.229 e. The van der Waals surface area contributed by atoms with Crippen LogP contribution in [0.3, 0.4) is 0 Å². The Bertz CT molecular complexity index is 851. The number of hydrogen-bond acceptors (Lipinski definition) is 2. The molecule has 0 aliphatic carbocycles. The van der Waals surface area contributed by atoms with Crippen molar-refractivity contribution >= 4 is 46.4 Å². The highest BCUT2D eigenvalue weighted by atomic mass is 35.5. The van der Waals surface area contributed by atoms with Crippen molar-refractivity contribution in [3.8, 4) is 0 Å². The standard InChI is InChI=1S/C19H18Cl2N2O2/c1-11-3-5-15(9-16(11)21)22-19(25)13-8-18(24)23(10-13)17-6-4-14(20)7-12(17)2/h3-7,9,13H,8,10H2,1-2H3,(H,22,25). The molecule has 0 bridgehead atoms. The Hall–Kier alpha value is -2.04. The summed E-state index contributed by atoms with van der Waals surface area (Å²) in [5.74, 6) is -0.641. The summed E-state index contributed by atoms with van der Waals surface area (Å²) >= 11 is 12.1. The Morgan fingerprint density at radius 1 is 1.12 bits per heavy atom. The third kappa shape index (κ3) is 3.80. The van der Waals surface area contributed by atoms with Crippen molar-refractivity contribution in [2.24, 2.45) is 5.92 Å². The molecule has 1 aliphatic heterocycles. The molecule has 1 saturated heterocycles. The van der Waals surface area contributed by atoms with Gasteiger partial charge in [-0.3, -0.25) is 9.59 Å². The monoisotopic (exact) mass is 376 g/mol. The molecule has 2 amide bonds. The molecular weight excluding hydrogens is 359 g/mol. The fourth-order valence-corrected chi connectivity index (χ4v) is 3.36. The van der Waals surface area contributed by atoms with Crippen molar-refractivity contribution in [3.63, 3.8) is 0 Å². The van der Waals surface area contributed by atoms with Crippen molar-refractivity contribution in [2.45, 2.75) is 20.3 Å². The van der Waals surface area contributed by atoms with Gasteiger partial charge in [-0.15, -0.1) is 0 Å². The molecular formula is C19H18Cl2N2O2. The maximum atomic E-state index is 12.5. The quantitative estimate of drug-likeness (QED) is 0.850. The number of nitrogens with one attached hydrogen (secondary N) is 1. The van der Waals surface area contributed by atoms with E-state index >= 15 is 0 Å². The third-order valence-electron chi connectivity index (χ3n) is 4.38. The van der Waals surface area contributed by atoms with E-state index in [9.17, 15) is 9.59 Å². The highest BCUT2D eigenvalue weighted by molar-refractivity contribution is 6.31. The van der Waals surface area contributed by atoms with Crippen LogP contribution >= 0.6 is 23.2 Å². The number of rotatable bonds is 3. The molecule has 1 unspecified atom stereocenters. The summed E-state index contributed by atoms with van der Waals surface area (Å²) in [5.41, 5.74) is 3.28. The van der Waals surface area contributed by atoms with Crippen LogP contribution in [0.1, 0.15) is 17.5 Å². The summed E-state index contributed by atoms with van der Waals surface area (Å²) in [7, 11) is 0. The number of carbonyl (C=O) groups is 2. The summed E-state index contributed by atoms with van der Waals surface area (Å²) in [4.78, 5) is 26.5. The smallest absolute Gasteiger partial charge is 0.229 e. The van der Waals surface area contributed by atoms with Crippen molar-refractivity contribution < 1.29 is 9.59 Å². The molecule has 6 heteroatoms. The van der Waals surface area contributed by atoms with Crippen LogP contribution in [-0.4, -0.2) is 18.4 Å². The van der Waals surface area contributed by atoms with Gasteiger partial charge in [-0.1, -0.05) is 29.3 Å². The van der Waals surface area contributed by atoms with Gasteiger partial charge >= 0.3 is 0 Å². The fraction of sp³-hybridized carbons (Fsp3) is 0.263. The van der Waals surface area contributed by atoms with Crippen LogP contribution in [0.5, 0.6) is 0 Å². The lowest BCUT2D eigenvalue weighted by atomic mass is 10.1. The predicted octanol–water partition coefficient (Wildman–Crippen LogP) is 4.60. The zero-order valence-electron chi connectivity index (χ0n) is 14.0. The molecule has 2 aromatic carbocycles. The normalized spacial score (nSPS) is 17.0. The lowest BCUT2D eigenvalue weighted by Crippen LogP contribution is -2.28. The molecule has 1 heterocycles. The number of carbonyl (C=O) groups excluding carboxylic acids is 2. The van der Waals surface area contributed by atoms with E-state index in [2.05, 4.69) is 5.32 Å². The van der Waals surface area contributed by atoms with Gasteiger partial charge in [0.1, 0.15) is 0 Å². The molecule has 3 rings (SSSR count). The molecule has 130 valence electrons. The summed E-state index contributed by atoms with van der Waals surface area (Å²) in [6.45, 7) is 4.15. The van der Waals surface area contributed by atoms with E-state index in [1.807, 2.05) is 32.0 Å². The fourth-order valence-electron chi connectivity index (χ4n) is 2.95. The number of benzene rings is 2. The van der Waals surface area contributed by atoms with Gasteiger partial charge in [0.15, 0.2) is 0 Å². The van der Waals surface area contributed by atoms with Gasteiger partial charge in [-0.2, -0.15) is 0 Å². The van der Waals surface area contributed by atoms with Gasteiger partial charge in [0, 0.05) is 34.4 Å². The summed E-state index contributed by atoms with van der Waals surface area (Å²) in [5, 5.41) is 4.06. The minimum Gasteiger partial charge on any atom is -0.326 e. The molecule has 1 atom stereocenters. The van der Waals surface area contributed by atoms with Crippen LogP contribution < -0.4 is 10.2 Å². The second-order valence-electron chi connectivity index (χ2n) is 6.29. The molecule has 0 spiro atoms. The van der Waals surface area contributed by atoms with Crippen LogP contribution in [0, 0.1) is 19.8 Å². The van der Waals surface area contributed by atoms with E-state index in [0.29, 0.717) is 22.3 Å². The lowest BCUT2D eigenvalue weighted by Gasteiger charge is -2.19. The lowest BCUT2D eigenvalue weighted by molar-refractivity contribution is -0.122. The molecule has 25 heavy (non-hydrogen) atoms. The molecule has 1 aliphatic rings. The average molecular weight is 377 g/mol. The van der Waals surface area contributed by atoms with Gasteiger partial charge in [0.2, 0.25) is 11.8 Å². The molecule has 0 aromatic heterocycles. The van der Waals surface area contributed by atoms with Crippen LogP contribution in [-0.2, 0) is 9.59 Å².